The van der Waals surface area contributed by atoms with Crippen molar-refractivity contribution in [3.8, 4) is 0 Å². The molecule has 0 fully saturated rings. The Morgan fingerprint density at radius 3 is 2.79 bits per heavy atom. The number of nitrogens with one attached hydrogen (secondary N) is 2. The van der Waals surface area contributed by atoms with E-state index in [-0.39, 0.29) is 5.91 Å². The van der Waals surface area contributed by atoms with Gasteiger partial charge in [-0.1, -0.05) is 0 Å². The molecule has 1 aromatic heterocycles. The quantitative estimate of drug-likeness (QED) is 0.881. The second kappa shape index (κ2) is 5.95. The number of carbonyl (C=O) groups is 1. The maximum Gasteiger partial charge on any atom is 0.256 e. The molecule has 0 unspecified atom stereocenters. The van der Waals surface area contributed by atoms with Crippen LogP contribution < -0.4 is 10.6 Å². The molecule has 0 spiro atoms. The topological polar surface area (TPSA) is 66.9 Å². The summed E-state index contributed by atoms with van der Waals surface area (Å²) < 4.78 is 0. The lowest BCUT2D eigenvalue weighted by molar-refractivity contribution is 0.102. The van der Waals surface area contributed by atoms with Crippen LogP contribution in [0.25, 0.3) is 0 Å². The van der Waals surface area contributed by atoms with Crippen molar-refractivity contribution in [1.29, 1.82) is 0 Å². The summed E-state index contributed by atoms with van der Waals surface area (Å²) in [5.74, 6) is 0.257. The van der Waals surface area contributed by atoms with Crippen molar-refractivity contribution in [3.05, 3.63) is 47.7 Å². The number of amides is 1. The van der Waals surface area contributed by atoms with E-state index < -0.39 is 0 Å². The maximum atomic E-state index is 12.0. The normalized spacial score (nSPS) is 10.0. The van der Waals surface area contributed by atoms with Gasteiger partial charge >= 0.3 is 0 Å². The zero-order valence-electron chi connectivity index (χ0n) is 11.0. The Kier molecular flexibility index (Phi) is 4.07. The number of hydrogen-bond acceptors (Lipinski definition) is 4. The summed E-state index contributed by atoms with van der Waals surface area (Å²) in [6, 6.07) is 8.97. The molecule has 0 saturated heterocycles. The minimum Gasteiger partial charge on any atom is -0.385 e. The van der Waals surface area contributed by atoms with Gasteiger partial charge in [-0.3, -0.25) is 4.79 Å². The Morgan fingerprint density at radius 1 is 1.32 bits per heavy atom. The van der Waals surface area contributed by atoms with Crippen molar-refractivity contribution in [2.24, 2.45) is 0 Å². The Labute approximate surface area is 112 Å². The molecule has 5 heteroatoms. The summed E-state index contributed by atoms with van der Waals surface area (Å²) in [6.07, 6.45) is 1.56. The van der Waals surface area contributed by atoms with E-state index in [0.29, 0.717) is 11.4 Å². The molecule has 0 atom stereocenters. The van der Waals surface area contributed by atoms with Crippen LogP contribution in [0.1, 0.15) is 22.8 Å². The SMILES string of the molecule is CCNc1ccc(C(=O)Nc2cccnn2)cc1C. The molecule has 0 aliphatic heterocycles. The molecular formula is C14H16N4O. The van der Waals surface area contributed by atoms with Crippen molar-refractivity contribution in [2.75, 3.05) is 17.2 Å². The number of benzene rings is 1. The fourth-order valence-electron chi connectivity index (χ4n) is 1.75. The first-order chi connectivity index (χ1) is 9.20. The molecular weight excluding hydrogens is 240 g/mol. The number of nitrogens with zero attached hydrogens (tertiary/aromatic N) is 2. The number of aryl methyl sites for hydroxylation is 1. The molecule has 0 bridgehead atoms. The van der Waals surface area contributed by atoms with Gasteiger partial charge in [0.15, 0.2) is 5.82 Å². The van der Waals surface area contributed by atoms with Crippen LogP contribution in [0.2, 0.25) is 0 Å². The third kappa shape index (κ3) is 3.28. The van der Waals surface area contributed by atoms with Gasteiger partial charge in [0.05, 0.1) is 0 Å². The molecule has 19 heavy (non-hydrogen) atoms. The van der Waals surface area contributed by atoms with Gasteiger partial charge < -0.3 is 10.6 Å². The average Bonchev–Trinajstić information content (AvgIpc) is 2.42. The van der Waals surface area contributed by atoms with E-state index >= 15 is 0 Å². The highest BCUT2D eigenvalue weighted by Gasteiger charge is 2.08. The zero-order chi connectivity index (χ0) is 13.7. The molecule has 1 heterocycles. The second-order valence-corrected chi connectivity index (χ2v) is 4.12. The number of anilines is 2. The molecule has 0 aliphatic carbocycles. The summed E-state index contributed by atoms with van der Waals surface area (Å²) in [6.45, 7) is 4.86. The van der Waals surface area contributed by atoms with Gasteiger partial charge in [-0.2, -0.15) is 5.10 Å². The highest BCUT2D eigenvalue weighted by atomic mass is 16.1. The first-order valence-electron chi connectivity index (χ1n) is 6.14. The molecule has 0 saturated carbocycles. The molecule has 2 aromatic rings. The second-order valence-electron chi connectivity index (χ2n) is 4.12. The van der Waals surface area contributed by atoms with Gasteiger partial charge in [0.25, 0.3) is 5.91 Å². The zero-order valence-corrected chi connectivity index (χ0v) is 11.0. The minimum atomic E-state index is -0.188. The van der Waals surface area contributed by atoms with E-state index in [1.165, 1.54) is 0 Å². The van der Waals surface area contributed by atoms with E-state index in [1.807, 2.05) is 26.0 Å². The van der Waals surface area contributed by atoms with E-state index in [0.717, 1.165) is 17.8 Å². The van der Waals surface area contributed by atoms with Crippen molar-refractivity contribution >= 4 is 17.4 Å². The molecule has 0 aliphatic rings. The van der Waals surface area contributed by atoms with Crippen molar-refractivity contribution < 1.29 is 4.79 Å². The third-order valence-electron chi connectivity index (χ3n) is 2.67. The monoisotopic (exact) mass is 256 g/mol. The summed E-state index contributed by atoms with van der Waals surface area (Å²) in [7, 11) is 0. The van der Waals surface area contributed by atoms with Crippen molar-refractivity contribution in [3.63, 3.8) is 0 Å². The predicted octanol–water partition coefficient (Wildman–Crippen LogP) is 2.47. The maximum absolute atomic E-state index is 12.0. The molecule has 1 aromatic carbocycles. The smallest absolute Gasteiger partial charge is 0.256 e. The Balaban J connectivity index is 2.14. The fraction of sp³-hybridized carbons (Fsp3) is 0.214. The van der Waals surface area contributed by atoms with Gasteiger partial charge in [0, 0.05) is 24.0 Å². The molecule has 2 rings (SSSR count). The van der Waals surface area contributed by atoms with E-state index in [1.54, 1.807) is 24.4 Å². The van der Waals surface area contributed by atoms with Crippen LogP contribution in [-0.2, 0) is 0 Å². The van der Waals surface area contributed by atoms with Gasteiger partial charge in [0.1, 0.15) is 0 Å². The Morgan fingerprint density at radius 2 is 2.16 bits per heavy atom. The van der Waals surface area contributed by atoms with Crippen LogP contribution >= 0.6 is 0 Å². The van der Waals surface area contributed by atoms with E-state index in [9.17, 15) is 4.79 Å². The third-order valence-corrected chi connectivity index (χ3v) is 2.67. The minimum absolute atomic E-state index is 0.188. The first kappa shape index (κ1) is 13.0. The summed E-state index contributed by atoms with van der Waals surface area (Å²) >= 11 is 0. The number of rotatable bonds is 4. The fourth-order valence-corrected chi connectivity index (χ4v) is 1.75. The number of carbonyl (C=O) groups excluding carboxylic acids is 1. The van der Waals surface area contributed by atoms with Gasteiger partial charge in [-0.05, 0) is 49.7 Å². The van der Waals surface area contributed by atoms with Crippen LogP contribution in [0.15, 0.2) is 36.5 Å². The van der Waals surface area contributed by atoms with Crippen molar-refractivity contribution in [1.82, 2.24) is 10.2 Å². The largest absolute Gasteiger partial charge is 0.385 e. The molecule has 1 amide bonds. The van der Waals surface area contributed by atoms with E-state index in [4.69, 9.17) is 0 Å². The first-order valence-corrected chi connectivity index (χ1v) is 6.14. The number of hydrogen-bond donors (Lipinski definition) is 2. The molecule has 2 N–H and O–H groups in total. The lowest BCUT2D eigenvalue weighted by Gasteiger charge is -2.09. The highest BCUT2D eigenvalue weighted by molar-refractivity contribution is 6.04. The lowest BCUT2D eigenvalue weighted by Crippen LogP contribution is -2.13. The van der Waals surface area contributed by atoms with Crippen LogP contribution in [0.4, 0.5) is 11.5 Å². The predicted molar refractivity (Wildman–Crippen MR) is 75.3 cm³/mol. The summed E-state index contributed by atoms with van der Waals surface area (Å²) in [5.41, 5.74) is 2.68. The van der Waals surface area contributed by atoms with Gasteiger partial charge in [-0.25, -0.2) is 0 Å². The Bertz CT molecular complexity index is 569. The van der Waals surface area contributed by atoms with Crippen LogP contribution in [-0.4, -0.2) is 22.6 Å². The van der Waals surface area contributed by atoms with Crippen LogP contribution in [0, 0.1) is 6.92 Å². The lowest BCUT2D eigenvalue weighted by atomic mass is 10.1. The van der Waals surface area contributed by atoms with Gasteiger partial charge in [-0.15, -0.1) is 5.10 Å². The summed E-state index contributed by atoms with van der Waals surface area (Å²) in [5, 5.41) is 13.5. The Hall–Kier alpha value is -2.43. The summed E-state index contributed by atoms with van der Waals surface area (Å²) in [4.78, 5) is 12.0. The van der Waals surface area contributed by atoms with Gasteiger partial charge in [0.2, 0.25) is 0 Å². The van der Waals surface area contributed by atoms with Crippen LogP contribution in [0.5, 0.6) is 0 Å². The standard InChI is InChI=1S/C14H16N4O/c1-3-15-12-7-6-11(9-10(12)2)14(19)17-13-5-4-8-16-18-13/h4-9,15H,3H2,1-2H3,(H,17,18,19). The molecule has 5 nitrogen and oxygen atoms in total. The molecule has 98 valence electrons. The average molecular weight is 256 g/mol. The highest BCUT2D eigenvalue weighted by Crippen LogP contribution is 2.17. The van der Waals surface area contributed by atoms with Crippen LogP contribution in [0.3, 0.4) is 0 Å². The van der Waals surface area contributed by atoms with Crippen molar-refractivity contribution in [2.45, 2.75) is 13.8 Å². The molecule has 0 radical (unpaired) electrons. The van der Waals surface area contributed by atoms with E-state index in [2.05, 4.69) is 20.8 Å². The number of aromatic nitrogens is 2.